The summed E-state index contributed by atoms with van der Waals surface area (Å²) in [5.41, 5.74) is 6.87. The van der Waals surface area contributed by atoms with Crippen molar-refractivity contribution < 1.29 is 4.74 Å². The van der Waals surface area contributed by atoms with Crippen LogP contribution in [0.15, 0.2) is 30.3 Å². The third-order valence-electron chi connectivity index (χ3n) is 3.43. The van der Waals surface area contributed by atoms with Crippen LogP contribution in [0.5, 0.6) is 0 Å². The Morgan fingerprint density at radius 3 is 2.47 bits per heavy atom. The van der Waals surface area contributed by atoms with E-state index in [4.69, 9.17) is 15.9 Å². The van der Waals surface area contributed by atoms with E-state index in [2.05, 4.69) is 18.7 Å². The molecule has 19 heavy (non-hydrogen) atoms. The number of nitrogens with two attached hydrogens (primary N) is 1. The van der Waals surface area contributed by atoms with Gasteiger partial charge in [0.1, 0.15) is 0 Å². The Balaban J connectivity index is 2.81. The SMILES string of the molecule is CCN(CC(C(=N)N)c1ccccc1)C(C)COC. The Hall–Kier alpha value is -1.39. The van der Waals surface area contributed by atoms with E-state index in [-0.39, 0.29) is 11.8 Å². The third-order valence-corrected chi connectivity index (χ3v) is 3.43. The number of likely N-dealkylation sites (N-methyl/N-ethyl adjacent to an activating group) is 1. The molecule has 4 heteroatoms. The van der Waals surface area contributed by atoms with Crippen molar-refractivity contribution in [1.82, 2.24) is 4.90 Å². The minimum Gasteiger partial charge on any atom is -0.387 e. The van der Waals surface area contributed by atoms with Gasteiger partial charge in [-0.2, -0.15) is 0 Å². The van der Waals surface area contributed by atoms with Crippen LogP contribution in [0.4, 0.5) is 0 Å². The molecule has 0 aliphatic carbocycles. The van der Waals surface area contributed by atoms with Gasteiger partial charge in [0.05, 0.1) is 18.4 Å². The van der Waals surface area contributed by atoms with E-state index in [0.717, 1.165) is 18.7 Å². The lowest BCUT2D eigenvalue weighted by molar-refractivity contribution is 0.102. The minimum atomic E-state index is -0.0551. The topological polar surface area (TPSA) is 62.3 Å². The minimum absolute atomic E-state index is 0.0551. The lowest BCUT2D eigenvalue weighted by Crippen LogP contribution is -2.41. The fourth-order valence-electron chi connectivity index (χ4n) is 2.27. The number of methoxy groups -OCH3 is 1. The third kappa shape index (κ3) is 4.65. The van der Waals surface area contributed by atoms with Crippen molar-refractivity contribution in [1.29, 1.82) is 5.41 Å². The number of ether oxygens (including phenoxy) is 1. The van der Waals surface area contributed by atoms with Crippen molar-refractivity contribution in [2.75, 3.05) is 26.8 Å². The second-order valence-electron chi connectivity index (χ2n) is 4.81. The van der Waals surface area contributed by atoms with E-state index in [1.807, 2.05) is 30.3 Å². The molecule has 0 aliphatic heterocycles. The average molecular weight is 263 g/mol. The van der Waals surface area contributed by atoms with Crippen molar-refractivity contribution in [3.63, 3.8) is 0 Å². The lowest BCUT2D eigenvalue weighted by Gasteiger charge is -2.31. The van der Waals surface area contributed by atoms with Crippen LogP contribution in [0.25, 0.3) is 0 Å². The van der Waals surface area contributed by atoms with Gasteiger partial charge >= 0.3 is 0 Å². The molecule has 4 nitrogen and oxygen atoms in total. The standard InChI is InChI=1S/C15H25N3O/c1-4-18(12(2)11-19-3)10-14(15(16)17)13-8-6-5-7-9-13/h5-9,12,14H,4,10-11H2,1-3H3,(H3,16,17). The van der Waals surface area contributed by atoms with Crippen molar-refractivity contribution in [3.8, 4) is 0 Å². The quantitative estimate of drug-likeness (QED) is 0.557. The summed E-state index contributed by atoms with van der Waals surface area (Å²) in [6, 6.07) is 10.3. The molecule has 0 spiro atoms. The van der Waals surface area contributed by atoms with Crippen LogP contribution in [0.2, 0.25) is 0 Å². The normalized spacial score (nSPS) is 14.3. The van der Waals surface area contributed by atoms with Crippen molar-refractivity contribution in [2.45, 2.75) is 25.8 Å². The molecule has 2 unspecified atom stereocenters. The number of hydrogen-bond acceptors (Lipinski definition) is 3. The molecule has 0 saturated carbocycles. The van der Waals surface area contributed by atoms with Gasteiger partial charge in [0.2, 0.25) is 0 Å². The van der Waals surface area contributed by atoms with Gasteiger partial charge in [0, 0.05) is 19.7 Å². The zero-order chi connectivity index (χ0) is 14.3. The van der Waals surface area contributed by atoms with E-state index < -0.39 is 0 Å². The predicted molar refractivity (Wildman–Crippen MR) is 79.7 cm³/mol. The molecule has 0 fully saturated rings. The molecule has 0 amide bonds. The predicted octanol–water partition coefficient (Wildman–Crippen LogP) is 2.06. The smallest absolute Gasteiger partial charge is 0.0995 e. The van der Waals surface area contributed by atoms with Crippen molar-refractivity contribution in [2.24, 2.45) is 5.73 Å². The second kappa shape index (κ2) is 7.92. The lowest BCUT2D eigenvalue weighted by atomic mass is 9.97. The Labute approximate surface area is 116 Å². The molecule has 1 rings (SSSR count). The molecular formula is C15H25N3O. The monoisotopic (exact) mass is 263 g/mol. The zero-order valence-electron chi connectivity index (χ0n) is 12.1. The number of rotatable bonds is 8. The number of nitrogens with one attached hydrogen (secondary N) is 1. The maximum Gasteiger partial charge on any atom is 0.0995 e. The Bertz CT molecular complexity index is 380. The highest BCUT2D eigenvalue weighted by atomic mass is 16.5. The average Bonchev–Trinajstić information content (AvgIpc) is 2.40. The summed E-state index contributed by atoms with van der Waals surface area (Å²) in [6.07, 6.45) is 0. The summed E-state index contributed by atoms with van der Waals surface area (Å²) in [5.74, 6) is 0.162. The zero-order valence-corrected chi connectivity index (χ0v) is 12.1. The molecule has 0 aromatic heterocycles. The molecule has 106 valence electrons. The first-order chi connectivity index (χ1) is 9.10. The highest BCUT2D eigenvalue weighted by Gasteiger charge is 2.21. The summed E-state index contributed by atoms with van der Waals surface area (Å²) < 4.78 is 5.21. The fourth-order valence-corrected chi connectivity index (χ4v) is 2.27. The Morgan fingerprint density at radius 2 is 2.00 bits per heavy atom. The molecule has 1 aromatic carbocycles. The molecule has 0 saturated heterocycles. The molecule has 1 aromatic rings. The van der Waals surface area contributed by atoms with Crippen LogP contribution in [0.1, 0.15) is 25.3 Å². The Morgan fingerprint density at radius 1 is 1.37 bits per heavy atom. The Kier molecular flexibility index (Phi) is 6.53. The van der Waals surface area contributed by atoms with Gasteiger partial charge in [0.25, 0.3) is 0 Å². The molecule has 2 atom stereocenters. The summed E-state index contributed by atoms with van der Waals surface area (Å²) in [4.78, 5) is 2.29. The first-order valence-corrected chi connectivity index (χ1v) is 6.72. The summed E-state index contributed by atoms with van der Waals surface area (Å²) in [7, 11) is 1.71. The van der Waals surface area contributed by atoms with E-state index in [0.29, 0.717) is 12.6 Å². The molecule has 0 heterocycles. The van der Waals surface area contributed by atoms with Gasteiger partial charge in [-0.15, -0.1) is 0 Å². The first-order valence-electron chi connectivity index (χ1n) is 6.72. The van der Waals surface area contributed by atoms with Crippen molar-refractivity contribution >= 4 is 5.84 Å². The van der Waals surface area contributed by atoms with Crippen LogP contribution < -0.4 is 5.73 Å². The number of nitrogens with zero attached hydrogens (tertiary/aromatic N) is 1. The highest BCUT2D eigenvalue weighted by Crippen LogP contribution is 2.18. The van der Waals surface area contributed by atoms with Crippen LogP contribution in [-0.4, -0.2) is 43.6 Å². The molecule has 3 N–H and O–H groups in total. The van der Waals surface area contributed by atoms with Gasteiger partial charge in [0.15, 0.2) is 0 Å². The molecule has 0 bridgehead atoms. The van der Waals surface area contributed by atoms with Crippen LogP contribution in [0.3, 0.4) is 0 Å². The summed E-state index contributed by atoms with van der Waals surface area (Å²) in [6.45, 7) is 6.61. The first kappa shape index (κ1) is 15.7. The van der Waals surface area contributed by atoms with Gasteiger partial charge in [-0.3, -0.25) is 10.3 Å². The van der Waals surface area contributed by atoms with E-state index in [9.17, 15) is 0 Å². The second-order valence-corrected chi connectivity index (χ2v) is 4.81. The van der Waals surface area contributed by atoms with Crippen LogP contribution in [0, 0.1) is 5.41 Å². The van der Waals surface area contributed by atoms with Gasteiger partial charge in [-0.05, 0) is 19.0 Å². The molecule has 0 aliphatic rings. The fraction of sp³-hybridized carbons (Fsp3) is 0.533. The highest BCUT2D eigenvalue weighted by molar-refractivity contribution is 5.84. The number of benzene rings is 1. The molecular weight excluding hydrogens is 238 g/mol. The number of hydrogen-bond donors (Lipinski definition) is 2. The number of amidine groups is 1. The van der Waals surface area contributed by atoms with Gasteiger partial charge in [-0.25, -0.2) is 0 Å². The largest absolute Gasteiger partial charge is 0.387 e. The molecule has 0 radical (unpaired) electrons. The van der Waals surface area contributed by atoms with Gasteiger partial charge in [-0.1, -0.05) is 37.3 Å². The van der Waals surface area contributed by atoms with E-state index >= 15 is 0 Å². The summed E-state index contributed by atoms with van der Waals surface area (Å²) >= 11 is 0. The van der Waals surface area contributed by atoms with Crippen LogP contribution in [-0.2, 0) is 4.74 Å². The van der Waals surface area contributed by atoms with E-state index in [1.165, 1.54) is 0 Å². The van der Waals surface area contributed by atoms with Crippen molar-refractivity contribution in [3.05, 3.63) is 35.9 Å². The van der Waals surface area contributed by atoms with Crippen LogP contribution >= 0.6 is 0 Å². The maximum absolute atomic E-state index is 7.82. The van der Waals surface area contributed by atoms with Gasteiger partial charge < -0.3 is 10.5 Å². The summed E-state index contributed by atoms with van der Waals surface area (Å²) in [5, 5.41) is 7.82. The maximum atomic E-state index is 7.82. The van der Waals surface area contributed by atoms with E-state index in [1.54, 1.807) is 7.11 Å².